The molecule has 0 aliphatic carbocycles. The zero-order valence-electron chi connectivity index (χ0n) is 15.7. The van der Waals surface area contributed by atoms with Crippen LogP contribution in [0, 0.1) is 6.92 Å². The molecule has 1 aliphatic heterocycles. The van der Waals surface area contributed by atoms with Crippen molar-refractivity contribution in [3.05, 3.63) is 64.7 Å². The van der Waals surface area contributed by atoms with E-state index in [1.54, 1.807) is 0 Å². The number of hydrogen-bond donors (Lipinski definition) is 2. The first-order valence-corrected chi connectivity index (χ1v) is 10.5. The Morgan fingerprint density at radius 1 is 1.15 bits per heavy atom. The molecule has 0 spiro atoms. The molecule has 1 saturated heterocycles. The van der Waals surface area contributed by atoms with Gasteiger partial charge < -0.3 is 10.2 Å². The SMILES string of the molecule is Cc1ccc(CNC(=O)C[NH+]2CCC(c3nc4ccccc4s3)CC2)cc1. The molecular weight excluding hydrogens is 354 g/mol. The third kappa shape index (κ3) is 4.54. The summed E-state index contributed by atoms with van der Waals surface area (Å²) in [4.78, 5) is 18.5. The molecule has 0 radical (unpaired) electrons. The first kappa shape index (κ1) is 18.1. The molecule has 0 atom stereocenters. The first-order valence-electron chi connectivity index (χ1n) is 9.68. The van der Waals surface area contributed by atoms with Gasteiger partial charge in [-0.2, -0.15) is 0 Å². The highest BCUT2D eigenvalue weighted by Gasteiger charge is 2.26. The van der Waals surface area contributed by atoms with Gasteiger partial charge in [0.15, 0.2) is 6.54 Å². The summed E-state index contributed by atoms with van der Waals surface area (Å²) in [6, 6.07) is 16.7. The van der Waals surface area contributed by atoms with Gasteiger partial charge in [0.05, 0.1) is 28.3 Å². The minimum absolute atomic E-state index is 0.143. The quantitative estimate of drug-likeness (QED) is 0.715. The Balaban J connectivity index is 1.25. The topological polar surface area (TPSA) is 46.4 Å². The smallest absolute Gasteiger partial charge is 0.275 e. The second kappa shape index (κ2) is 8.19. The fourth-order valence-corrected chi connectivity index (χ4v) is 4.85. The van der Waals surface area contributed by atoms with Gasteiger partial charge in [-0.1, -0.05) is 42.0 Å². The lowest BCUT2D eigenvalue weighted by Gasteiger charge is -2.27. The Bertz CT molecular complexity index is 878. The third-order valence-corrected chi connectivity index (χ3v) is 6.57. The maximum Gasteiger partial charge on any atom is 0.275 e. The number of rotatable bonds is 5. The number of nitrogens with zero attached hydrogens (tertiary/aromatic N) is 1. The van der Waals surface area contributed by atoms with Crippen molar-refractivity contribution >= 4 is 27.5 Å². The Hall–Kier alpha value is -2.24. The van der Waals surface area contributed by atoms with Crippen molar-refractivity contribution in [2.45, 2.75) is 32.2 Å². The molecule has 4 rings (SSSR count). The minimum Gasteiger partial charge on any atom is -0.347 e. The summed E-state index contributed by atoms with van der Waals surface area (Å²) >= 11 is 1.83. The van der Waals surface area contributed by atoms with E-state index in [9.17, 15) is 4.79 Å². The van der Waals surface area contributed by atoms with Crippen molar-refractivity contribution in [2.24, 2.45) is 0 Å². The molecule has 3 aromatic rings. The highest BCUT2D eigenvalue weighted by molar-refractivity contribution is 7.18. The molecule has 0 unspecified atom stereocenters. The van der Waals surface area contributed by atoms with Gasteiger partial charge in [-0.25, -0.2) is 4.98 Å². The number of amides is 1. The third-order valence-electron chi connectivity index (χ3n) is 5.37. The van der Waals surface area contributed by atoms with Gasteiger partial charge >= 0.3 is 0 Å². The molecule has 0 bridgehead atoms. The monoisotopic (exact) mass is 380 g/mol. The van der Waals surface area contributed by atoms with Crippen LogP contribution in [0.15, 0.2) is 48.5 Å². The molecular formula is C22H26N3OS+. The van der Waals surface area contributed by atoms with E-state index in [2.05, 4.69) is 54.7 Å². The van der Waals surface area contributed by atoms with Gasteiger partial charge in [0, 0.05) is 25.3 Å². The molecule has 2 aromatic carbocycles. The van der Waals surface area contributed by atoms with Crippen molar-refractivity contribution < 1.29 is 9.69 Å². The van der Waals surface area contributed by atoms with E-state index >= 15 is 0 Å². The molecule has 5 heteroatoms. The normalized spacial score (nSPS) is 19.9. The molecule has 2 heterocycles. The van der Waals surface area contributed by atoms with Crippen LogP contribution < -0.4 is 10.2 Å². The summed E-state index contributed by atoms with van der Waals surface area (Å²) in [5.74, 6) is 0.686. The number of thiazole rings is 1. The average molecular weight is 381 g/mol. The van der Waals surface area contributed by atoms with E-state index in [1.807, 2.05) is 17.4 Å². The van der Waals surface area contributed by atoms with E-state index < -0.39 is 0 Å². The molecule has 140 valence electrons. The molecule has 0 saturated carbocycles. The van der Waals surface area contributed by atoms with Crippen LogP contribution in [-0.4, -0.2) is 30.5 Å². The van der Waals surface area contributed by atoms with Crippen molar-refractivity contribution in [3.8, 4) is 0 Å². The zero-order chi connectivity index (χ0) is 18.6. The van der Waals surface area contributed by atoms with Crippen molar-refractivity contribution in [3.63, 3.8) is 0 Å². The van der Waals surface area contributed by atoms with Gasteiger partial charge in [-0.05, 0) is 24.6 Å². The van der Waals surface area contributed by atoms with Gasteiger partial charge in [0.2, 0.25) is 0 Å². The molecule has 4 nitrogen and oxygen atoms in total. The number of fused-ring (bicyclic) bond motifs is 1. The Kier molecular flexibility index (Phi) is 5.50. The lowest BCUT2D eigenvalue weighted by Crippen LogP contribution is -3.14. The molecule has 2 N–H and O–H groups in total. The van der Waals surface area contributed by atoms with Crippen molar-refractivity contribution in [1.29, 1.82) is 0 Å². The second-order valence-electron chi connectivity index (χ2n) is 7.48. The number of carbonyl (C=O) groups excluding carboxylic acids is 1. The summed E-state index contributed by atoms with van der Waals surface area (Å²) in [6.45, 7) is 5.33. The van der Waals surface area contributed by atoms with Crippen LogP contribution in [0.3, 0.4) is 0 Å². The van der Waals surface area contributed by atoms with E-state index in [-0.39, 0.29) is 5.91 Å². The number of benzene rings is 2. The Morgan fingerprint density at radius 3 is 2.63 bits per heavy atom. The van der Waals surface area contributed by atoms with E-state index in [0.717, 1.165) is 37.0 Å². The van der Waals surface area contributed by atoms with Crippen LogP contribution in [-0.2, 0) is 11.3 Å². The van der Waals surface area contributed by atoms with Crippen LogP contribution >= 0.6 is 11.3 Å². The van der Waals surface area contributed by atoms with Gasteiger partial charge in [0.25, 0.3) is 5.91 Å². The first-order chi connectivity index (χ1) is 13.2. The molecule has 1 aliphatic rings. The number of aromatic nitrogens is 1. The predicted molar refractivity (Wildman–Crippen MR) is 110 cm³/mol. The lowest BCUT2D eigenvalue weighted by atomic mass is 9.97. The molecule has 1 aromatic heterocycles. The molecule has 1 fully saturated rings. The van der Waals surface area contributed by atoms with Crippen LogP contribution in [0.4, 0.5) is 0 Å². The van der Waals surface area contributed by atoms with E-state index in [1.165, 1.54) is 20.2 Å². The standard InChI is InChI=1S/C22H25N3OS/c1-16-6-8-17(9-7-16)14-23-21(26)15-25-12-10-18(11-13-25)22-24-19-4-2-3-5-20(19)27-22/h2-9,18H,10-15H2,1H3,(H,23,26)/p+1. The van der Waals surface area contributed by atoms with Crippen LogP contribution in [0.25, 0.3) is 10.2 Å². The van der Waals surface area contributed by atoms with Crippen LogP contribution in [0.1, 0.15) is 34.9 Å². The molecule has 27 heavy (non-hydrogen) atoms. The van der Waals surface area contributed by atoms with Crippen molar-refractivity contribution in [1.82, 2.24) is 10.3 Å². The number of nitrogens with one attached hydrogen (secondary N) is 2. The Morgan fingerprint density at radius 2 is 1.89 bits per heavy atom. The van der Waals surface area contributed by atoms with Gasteiger partial charge in [-0.3, -0.25) is 4.79 Å². The molecule has 1 amide bonds. The number of para-hydroxylation sites is 1. The number of likely N-dealkylation sites (tertiary alicyclic amines) is 1. The Labute approximate surface area is 164 Å². The summed E-state index contributed by atoms with van der Waals surface area (Å²) in [6.07, 6.45) is 2.22. The van der Waals surface area contributed by atoms with Crippen LogP contribution in [0.5, 0.6) is 0 Å². The number of carbonyl (C=O) groups is 1. The average Bonchev–Trinajstić information content (AvgIpc) is 3.12. The minimum atomic E-state index is 0.143. The highest BCUT2D eigenvalue weighted by atomic mass is 32.1. The highest BCUT2D eigenvalue weighted by Crippen LogP contribution is 2.31. The fraction of sp³-hybridized carbons (Fsp3) is 0.364. The van der Waals surface area contributed by atoms with Gasteiger partial charge in [0.1, 0.15) is 0 Å². The summed E-state index contributed by atoms with van der Waals surface area (Å²) in [5.41, 5.74) is 3.51. The van der Waals surface area contributed by atoms with E-state index in [4.69, 9.17) is 4.98 Å². The zero-order valence-corrected chi connectivity index (χ0v) is 16.5. The maximum atomic E-state index is 12.3. The summed E-state index contributed by atoms with van der Waals surface area (Å²) in [7, 11) is 0. The second-order valence-corrected chi connectivity index (χ2v) is 8.55. The summed E-state index contributed by atoms with van der Waals surface area (Å²) < 4.78 is 1.28. The summed E-state index contributed by atoms with van der Waals surface area (Å²) in [5, 5.41) is 4.32. The predicted octanol–water partition coefficient (Wildman–Crippen LogP) is 2.68. The number of quaternary nitrogens is 1. The number of hydrogen-bond acceptors (Lipinski definition) is 3. The largest absolute Gasteiger partial charge is 0.347 e. The lowest BCUT2D eigenvalue weighted by molar-refractivity contribution is -0.897. The van der Waals surface area contributed by atoms with Crippen molar-refractivity contribution in [2.75, 3.05) is 19.6 Å². The van der Waals surface area contributed by atoms with E-state index in [0.29, 0.717) is 19.0 Å². The van der Waals surface area contributed by atoms with Gasteiger partial charge in [-0.15, -0.1) is 11.3 Å². The maximum absolute atomic E-state index is 12.3. The number of aryl methyl sites for hydroxylation is 1. The number of piperidine rings is 1. The fourth-order valence-electron chi connectivity index (χ4n) is 3.71. The van der Waals surface area contributed by atoms with Crippen LogP contribution in [0.2, 0.25) is 0 Å².